The summed E-state index contributed by atoms with van der Waals surface area (Å²) in [5.74, 6) is -2.23. The van der Waals surface area contributed by atoms with Crippen LogP contribution in [0.4, 0.5) is 8.78 Å². The topological polar surface area (TPSA) is 38.3 Å². The van der Waals surface area contributed by atoms with Crippen molar-refractivity contribution in [3.05, 3.63) is 35.4 Å². The second-order valence-corrected chi connectivity index (χ2v) is 4.07. The van der Waals surface area contributed by atoms with Crippen molar-refractivity contribution in [2.45, 2.75) is 32.4 Å². The first-order valence-electron chi connectivity index (χ1n) is 5.79. The molecule has 5 heteroatoms. The Balaban J connectivity index is 3.13. The van der Waals surface area contributed by atoms with E-state index in [1.54, 1.807) is 0 Å². The van der Waals surface area contributed by atoms with Gasteiger partial charge in [-0.25, -0.2) is 13.6 Å². The molecule has 3 nitrogen and oxygen atoms in total. The third kappa shape index (κ3) is 3.26. The maximum Gasteiger partial charge on any atom is 0.327 e. The normalized spacial score (nSPS) is 14.1. The average Bonchev–Trinajstić information content (AvgIpc) is 2.36. The Morgan fingerprint density at radius 2 is 1.94 bits per heavy atom. The summed E-state index contributed by atoms with van der Waals surface area (Å²) in [4.78, 5) is 11.7. The van der Waals surface area contributed by atoms with Crippen LogP contribution < -0.4 is 5.32 Å². The zero-order valence-corrected chi connectivity index (χ0v) is 10.7. The summed E-state index contributed by atoms with van der Waals surface area (Å²) in [6.07, 6.45) is 0.726. The highest BCUT2D eigenvalue weighted by atomic mass is 19.1. The van der Waals surface area contributed by atoms with E-state index in [9.17, 15) is 13.6 Å². The van der Waals surface area contributed by atoms with E-state index < -0.39 is 23.6 Å². The number of benzene rings is 1. The fourth-order valence-corrected chi connectivity index (χ4v) is 1.58. The number of rotatable bonds is 5. The zero-order valence-electron chi connectivity index (χ0n) is 10.7. The van der Waals surface area contributed by atoms with Crippen molar-refractivity contribution in [1.29, 1.82) is 0 Å². The van der Waals surface area contributed by atoms with Gasteiger partial charge < -0.3 is 4.74 Å². The van der Waals surface area contributed by atoms with Crippen molar-refractivity contribution < 1.29 is 18.3 Å². The third-order valence-corrected chi connectivity index (χ3v) is 2.79. The Morgan fingerprint density at radius 3 is 2.39 bits per heavy atom. The summed E-state index contributed by atoms with van der Waals surface area (Å²) in [5, 5.41) is 2.86. The number of ether oxygens (including phenoxy) is 1. The Kier molecular flexibility index (Phi) is 5.22. The van der Waals surface area contributed by atoms with E-state index in [4.69, 9.17) is 0 Å². The molecular weight excluding hydrogens is 240 g/mol. The first-order valence-corrected chi connectivity index (χ1v) is 5.79. The number of hydrogen-bond donors (Lipinski definition) is 1. The molecule has 0 saturated heterocycles. The van der Waals surface area contributed by atoms with E-state index in [1.165, 1.54) is 13.2 Å². The zero-order chi connectivity index (χ0) is 13.7. The van der Waals surface area contributed by atoms with Crippen LogP contribution in [0.2, 0.25) is 0 Å². The number of methoxy groups -OCH3 is 1. The molecule has 0 heterocycles. The van der Waals surface area contributed by atoms with Crippen molar-refractivity contribution in [2.24, 2.45) is 0 Å². The minimum atomic E-state index is -1.13. The molecule has 2 unspecified atom stereocenters. The molecular formula is C13H17F2NO2. The highest BCUT2D eigenvalue weighted by Crippen LogP contribution is 2.22. The number of halogens is 2. The Hall–Kier alpha value is -1.49. The molecule has 1 N–H and O–H groups in total. The molecule has 1 rings (SSSR count). The van der Waals surface area contributed by atoms with E-state index >= 15 is 0 Å². The minimum absolute atomic E-state index is 0.0619. The Morgan fingerprint density at radius 1 is 1.39 bits per heavy atom. The third-order valence-electron chi connectivity index (χ3n) is 2.79. The van der Waals surface area contributed by atoms with E-state index in [-0.39, 0.29) is 11.6 Å². The fourth-order valence-electron chi connectivity index (χ4n) is 1.58. The number of hydrogen-bond acceptors (Lipinski definition) is 3. The summed E-state index contributed by atoms with van der Waals surface area (Å²) in [6.45, 7) is 3.73. The van der Waals surface area contributed by atoms with Gasteiger partial charge in [0.25, 0.3) is 0 Å². The summed E-state index contributed by atoms with van der Waals surface area (Å²) >= 11 is 0. The number of esters is 1. The van der Waals surface area contributed by atoms with Gasteiger partial charge in [-0.2, -0.15) is 0 Å². The molecule has 100 valence electrons. The van der Waals surface area contributed by atoms with E-state index in [1.807, 2.05) is 13.8 Å². The number of nitrogens with one attached hydrogen (secondary N) is 1. The number of carbonyl (C=O) groups excluding carboxylic acids is 1. The molecule has 0 amide bonds. The van der Waals surface area contributed by atoms with Crippen LogP contribution in [0.15, 0.2) is 18.2 Å². The van der Waals surface area contributed by atoms with Crippen LogP contribution in [0.1, 0.15) is 31.9 Å². The van der Waals surface area contributed by atoms with E-state index in [0.29, 0.717) is 0 Å². The predicted octanol–water partition coefficient (Wildman–Crippen LogP) is 2.57. The lowest BCUT2D eigenvalue weighted by Gasteiger charge is -2.21. The molecule has 0 aromatic heterocycles. The molecule has 0 bridgehead atoms. The van der Waals surface area contributed by atoms with Crippen molar-refractivity contribution in [1.82, 2.24) is 5.32 Å². The lowest BCUT2D eigenvalue weighted by molar-refractivity contribution is -0.143. The van der Waals surface area contributed by atoms with Gasteiger partial charge >= 0.3 is 5.97 Å². The lowest BCUT2D eigenvalue weighted by atomic mass is 10.0. The van der Waals surface area contributed by atoms with Crippen LogP contribution in [-0.2, 0) is 9.53 Å². The monoisotopic (exact) mass is 257 g/mol. The largest absolute Gasteiger partial charge is 0.468 e. The summed E-state index contributed by atoms with van der Waals surface area (Å²) in [6, 6.07) is 2.30. The standard InChI is InChI=1S/C13H17F2NO2/c1-4-8(2)16-12(13(17)18-3)11-9(14)6-5-7-10(11)15/h5-8,12,16H,4H2,1-3H3. The Bertz CT molecular complexity index is 403. The highest BCUT2D eigenvalue weighted by Gasteiger charge is 2.28. The minimum Gasteiger partial charge on any atom is -0.468 e. The molecule has 0 radical (unpaired) electrons. The molecule has 0 aliphatic carbocycles. The molecule has 0 fully saturated rings. The van der Waals surface area contributed by atoms with Crippen molar-refractivity contribution >= 4 is 5.97 Å². The average molecular weight is 257 g/mol. The van der Waals surface area contributed by atoms with Gasteiger partial charge in [0.05, 0.1) is 12.7 Å². The smallest absolute Gasteiger partial charge is 0.327 e. The molecule has 1 aromatic carbocycles. The van der Waals surface area contributed by atoms with Gasteiger partial charge in [0.1, 0.15) is 17.7 Å². The lowest BCUT2D eigenvalue weighted by Crippen LogP contribution is -2.36. The molecule has 0 saturated carbocycles. The molecule has 0 aliphatic rings. The predicted molar refractivity (Wildman–Crippen MR) is 64.0 cm³/mol. The van der Waals surface area contributed by atoms with E-state index in [0.717, 1.165) is 18.6 Å². The molecule has 18 heavy (non-hydrogen) atoms. The maximum atomic E-state index is 13.7. The summed E-state index contributed by atoms with van der Waals surface area (Å²) in [7, 11) is 1.19. The molecule has 0 spiro atoms. The van der Waals surface area contributed by atoms with E-state index in [2.05, 4.69) is 10.1 Å². The van der Waals surface area contributed by atoms with Gasteiger partial charge in [0.15, 0.2) is 0 Å². The quantitative estimate of drug-likeness (QED) is 0.824. The van der Waals surface area contributed by atoms with Crippen molar-refractivity contribution in [3.63, 3.8) is 0 Å². The molecule has 0 aliphatic heterocycles. The molecule has 2 atom stereocenters. The van der Waals surface area contributed by atoms with Gasteiger partial charge in [-0.15, -0.1) is 0 Å². The van der Waals surface area contributed by atoms with Gasteiger partial charge in [-0.05, 0) is 25.5 Å². The first kappa shape index (κ1) is 14.6. The summed E-state index contributed by atoms with van der Waals surface area (Å²) < 4.78 is 31.9. The van der Waals surface area contributed by atoms with Gasteiger partial charge in [0, 0.05) is 6.04 Å². The fraction of sp³-hybridized carbons (Fsp3) is 0.462. The van der Waals surface area contributed by atoms with Gasteiger partial charge in [0.2, 0.25) is 0 Å². The van der Waals surface area contributed by atoms with Crippen molar-refractivity contribution in [3.8, 4) is 0 Å². The highest BCUT2D eigenvalue weighted by molar-refractivity contribution is 5.77. The summed E-state index contributed by atoms with van der Waals surface area (Å²) in [5.41, 5.74) is -0.301. The van der Waals surface area contributed by atoms with Gasteiger partial charge in [-0.3, -0.25) is 5.32 Å². The van der Waals surface area contributed by atoms with Crippen molar-refractivity contribution in [2.75, 3.05) is 7.11 Å². The SMILES string of the molecule is CCC(C)NC(C(=O)OC)c1c(F)cccc1F. The van der Waals surface area contributed by atoms with Crippen LogP contribution in [-0.4, -0.2) is 19.1 Å². The van der Waals surface area contributed by atoms with Crippen LogP contribution in [0.3, 0.4) is 0 Å². The first-order chi connectivity index (χ1) is 8.51. The maximum absolute atomic E-state index is 13.7. The van der Waals surface area contributed by atoms with Crippen LogP contribution >= 0.6 is 0 Å². The second kappa shape index (κ2) is 6.44. The Labute approximate surface area is 105 Å². The molecule has 1 aromatic rings. The number of carbonyl (C=O) groups is 1. The van der Waals surface area contributed by atoms with Gasteiger partial charge in [-0.1, -0.05) is 13.0 Å². The van der Waals surface area contributed by atoms with Crippen LogP contribution in [0.5, 0.6) is 0 Å². The van der Waals surface area contributed by atoms with Crippen LogP contribution in [0, 0.1) is 11.6 Å². The second-order valence-electron chi connectivity index (χ2n) is 4.07. The van der Waals surface area contributed by atoms with Crippen LogP contribution in [0.25, 0.3) is 0 Å².